The highest BCUT2D eigenvalue weighted by Crippen LogP contribution is 2.36. The topological polar surface area (TPSA) is 92.8 Å². The van der Waals surface area contributed by atoms with Crippen LogP contribution in [0.4, 0.5) is 0 Å². The number of nitrogens with one attached hydrogen (secondary N) is 2. The summed E-state index contributed by atoms with van der Waals surface area (Å²) in [5.74, 6) is -0.142. The number of carbonyl (C=O) groups excluding carboxylic acids is 2. The van der Waals surface area contributed by atoms with Crippen molar-refractivity contribution in [3.05, 3.63) is 119 Å². The molecule has 0 atom stereocenters. The molecule has 7 nitrogen and oxygen atoms in total. The summed E-state index contributed by atoms with van der Waals surface area (Å²) in [5.41, 5.74) is 5.97. The summed E-state index contributed by atoms with van der Waals surface area (Å²) in [6.07, 6.45) is 1.42. The van der Waals surface area contributed by atoms with Crippen LogP contribution in [0.25, 0.3) is 22.0 Å². The van der Waals surface area contributed by atoms with Crippen molar-refractivity contribution in [2.45, 2.75) is 0 Å². The molecule has 0 aliphatic carbocycles. The first-order valence-corrected chi connectivity index (χ1v) is 12.1. The Morgan fingerprint density at radius 2 is 1.58 bits per heavy atom. The Kier molecular flexibility index (Phi) is 7.19. The molecule has 1 amide bonds. The predicted molar refractivity (Wildman–Crippen MR) is 148 cm³/mol. The third kappa shape index (κ3) is 5.00. The van der Waals surface area contributed by atoms with Gasteiger partial charge in [0.2, 0.25) is 0 Å². The molecule has 0 saturated heterocycles. The first kappa shape index (κ1) is 24.8. The normalized spacial score (nSPS) is 11.0. The fourth-order valence-electron chi connectivity index (χ4n) is 4.11. The van der Waals surface area contributed by atoms with E-state index in [1.807, 2.05) is 48.5 Å². The van der Waals surface area contributed by atoms with Crippen LogP contribution < -0.4 is 14.9 Å². The van der Waals surface area contributed by atoms with Gasteiger partial charge in [-0.1, -0.05) is 78.3 Å². The van der Waals surface area contributed by atoms with Gasteiger partial charge in [-0.15, -0.1) is 0 Å². The fraction of sp³-hybridized carbons (Fsp3) is 0.0333. The second-order valence-electron chi connectivity index (χ2n) is 8.23. The van der Waals surface area contributed by atoms with Crippen LogP contribution in [0.3, 0.4) is 0 Å². The largest absolute Gasteiger partial charge is 0.495 e. The average molecular weight is 524 g/mol. The van der Waals surface area contributed by atoms with Crippen LogP contribution in [0.5, 0.6) is 11.5 Å². The third-order valence-electron chi connectivity index (χ3n) is 5.89. The van der Waals surface area contributed by atoms with E-state index in [-0.39, 0.29) is 11.3 Å². The Hall–Kier alpha value is -4.88. The van der Waals surface area contributed by atoms with Gasteiger partial charge in [0.1, 0.15) is 17.2 Å². The first-order chi connectivity index (χ1) is 18.6. The van der Waals surface area contributed by atoms with Gasteiger partial charge >= 0.3 is 5.97 Å². The highest BCUT2D eigenvalue weighted by atomic mass is 35.5. The lowest BCUT2D eigenvalue weighted by Crippen LogP contribution is -2.19. The van der Waals surface area contributed by atoms with E-state index in [1.165, 1.54) is 6.21 Å². The van der Waals surface area contributed by atoms with Gasteiger partial charge in [-0.05, 0) is 35.9 Å². The summed E-state index contributed by atoms with van der Waals surface area (Å²) < 4.78 is 11.0. The molecule has 0 unspecified atom stereocenters. The minimum atomic E-state index is -0.597. The number of fused-ring (bicyclic) bond motifs is 1. The van der Waals surface area contributed by atoms with Crippen molar-refractivity contribution in [3.8, 4) is 22.6 Å². The first-order valence-electron chi connectivity index (χ1n) is 11.7. The van der Waals surface area contributed by atoms with Gasteiger partial charge in [-0.3, -0.25) is 4.79 Å². The molecule has 0 radical (unpaired) electrons. The number of H-pyrrole nitrogens is 1. The van der Waals surface area contributed by atoms with Crippen molar-refractivity contribution < 1.29 is 19.1 Å². The summed E-state index contributed by atoms with van der Waals surface area (Å²) in [5, 5.41) is 5.27. The smallest absolute Gasteiger partial charge is 0.345 e. The van der Waals surface area contributed by atoms with Crippen LogP contribution in [0.15, 0.2) is 102 Å². The number of ether oxygens (including phenoxy) is 2. The van der Waals surface area contributed by atoms with Crippen LogP contribution in [-0.2, 0) is 0 Å². The molecular formula is C30H22ClN3O4. The van der Waals surface area contributed by atoms with Crippen molar-refractivity contribution in [2.75, 3.05) is 7.11 Å². The molecule has 0 fully saturated rings. The number of benzene rings is 4. The molecule has 0 bridgehead atoms. The monoisotopic (exact) mass is 523 g/mol. The number of esters is 1. The minimum absolute atomic E-state index is 0.247. The summed E-state index contributed by atoms with van der Waals surface area (Å²) in [4.78, 5) is 29.1. The van der Waals surface area contributed by atoms with E-state index in [4.69, 9.17) is 21.1 Å². The van der Waals surface area contributed by atoms with E-state index < -0.39 is 11.9 Å². The van der Waals surface area contributed by atoms with Crippen molar-refractivity contribution in [1.29, 1.82) is 0 Å². The SMILES string of the molecule is COc1cccc2c(-c3ccccc3)c(C(=O)NN=Cc3ccccc3OC(=O)c3ccccc3Cl)[nH]c12. The van der Waals surface area contributed by atoms with E-state index in [1.54, 1.807) is 55.6 Å². The van der Waals surface area contributed by atoms with Crippen LogP contribution in [-0.4, -0.2) is 30.2 Å². The number of hydrazone groups is 1. The Labute approximate surface area is 223 Å². The highest BCUT2D eigenvalue weighted by molar-refractivity contribution is 6.33. The molecule has 38 heavy (non-hydrogen) atoms. The van der Waals surface area contributed by atoms with E-state index in [2.05, 4.69) is 15.5 Å². The molecule has 5 rings (SSSR count). The Balaban J connectivity index is 1.41. The average Bonchev–Trinajstić information content (AvgIpc) is 3.34. The molecule has 0 saturated carbocycles. The molecule has 1 heterocycles. The van der Waals surface area contributed by atoms with Crippen LogP contribution in [0.2, 0.25) is 5.02 Å². The van der Waals surface area contributed by atoms with E-state index >= 15 is 0 Å². The lowest BCUT2D eigenvalue weighted by molar-refractivity contribution is 0.0734. The van der Waals surface area contributed by atoms with Gasteiger partial charge in [-0.25, -0.2) is 10.2 Å². The summed E-state index contributed by atoms with van der Waals surface area (Å²) >= 11 is 6.12. The molecule has 1 aromatic heterocycles. The van der Waals surface area contributed by atoms with E-state index in [9.17, 15) is 9.59 Å². The number of aromatic nitrogens is 1. The lowest BCUT2D eigenvalue weighted by atomic mass is 10.0. The van der Waals surface area contributed by atoms with Crippen molar-refractivity contribution in [1.82, 2.24) is 10.4 Å². The molecule has 188 valence electrons. The highest BCUT2D eigenvalue weighted by Gasteiger charge is 2.21. The number of aromatic amines is 1. The number of carbonyl (C=O) groups is 2. The number of hydrogen-bond donors (Lipinski definition) is 2. The van der Waals surface area contributed by atoms with Crippen molar-refractivity contribution in [3.63, 3.8) is 0 Å². The number of hydrogen-bond acceptors (Lipinski definition) is 5. The standard InChI is InChI=1S/C30H22ClN3O4/c1-37-25-17-9-14-22-26(19-10-3-2-4-11-19)28(33-27(22)25)29(35)34-32-18-20-12-5-8-16-24(20)38-30(36)21-13-6-7-15-23(21)31/h2-18,33H,1H3,(H,34,35). The van der Waals surface area contributed by atoms with Crippen molar-refractivity contribution >= 4 is 40.6 Å². The number of amides is 1. The van der Waals surface area contributed by atoms with Crippen LogP contribution in [0, 0.1) is 0 Å². The summed E-state index contributed by atoms with van der Waals surface area (Å²) in [6.45, 7) is 0. The summed E-state index contributed by atoms with van der Waals surface area (Å²) in [6, 6.07) is 28.7. The second-order valence-corrected chi connectivity index (χ2v) is 8.64. The molecule has 5 aromatic rings. The van der Waals surface area contributed by atoms with Crippen molar-refractivity contribution in [2.24, 2.45) is 5.10 Å². The molecule has 0 aliphatic heterocycles. The Morgan fingerprint density at radius 3 is 2.37 bits per heavy atom. The van der Waals surface area contributed by atoms with Gasteiger partial charge < -0.3 is 14.5 Å². The Bertz CT molecular complexity index is 1660. The molecule has 8 heteroatoms. The Morgan fingerprint density at radius 1 is 0.868 bits per heavy atom. The number of halogens is 1. The van der Waals surface area contributed by atoms with Gasteiger partial charge in [-0.2, -0.15) is 5.10 Å². The zero-order valence-corrected chi connectivity index (χ0v) is 21.0. The van der Waals surface area contributed by atoms with Gasteiger partial charge in [0, 0.05) is 16.5 Å². The molecular weight excluding hydrogens is 502 g/mol. The van der Waals surface area contributed by atoms with E-state index in [0.29, 0.717) is 27.5 Å². The number of nitrogens with zero attached hydrogens (tertiary/aromatic N) is 1. The maximum atomic E-state index is 13.3. The second kappa shape index (κ2) is 11.0. The molecule has 0 aliphatic rings. The zero-order valence-electron chi connectivity index (χ0n) is 20.3. The van der Waals surface area contributed by atoms with Crippen LogP contribution >= 0.6 is 11.6 Å². The van der Waals surface area contributed by atoms with Gasteiger partial charge in [0.15, 0.2) is 0 Å². The predicted octanol–water partition coefficient (Wildman–Crippen LogP) is 6.48. The molecule has 4 aromatic carbocycles. The van der Waals surface area contributed by atoms with E-state index in [0.717, 1.165) is 16.5 Å². The maximum absolute atomic E-state index is 13.3. The maximum Gasteiger partial charge on any atom is 0.345 e. The lowest BCUT2D eigenvalue weighted by Gasteiger charge is -2.08. The number of methoxy groups -OCH3 is 1. The number of para-hydroxylation sites is 2. The minimum Gasteiger partial charge on any atom is -0.495 e. The molecule has 0 spiro atoms. The third-order valence-corrected chi connectivity index (χ3v) is 6.22. The summed E-state index contributed by atoms with van der Waals surface area (Å²) in [7, 11) is 1.58. The van der Waals surface area contributed by atoms with Gasteiger partial charge in [0.05, 0.1) is 29.4 Å². The van der Waals surface area contributed by atoms with Crippen LogP contribution in [0.1, 0.15) is 26.4 Å². The zero-order chi connectivity index (χ0) is 26.5. The molecule has 2 N–H and O–H groups in total. The number of rotatable bonds is 7. The quantitative estimate of drug-likeness (QED) is 0.110. The van der Waals surface area contributed by atoms with Gasteiger partial charge in [0.25, 0.3) is 5.91 Å². The fourth-order valence-corrected chi connectivity index (χ4v) is 4.33.